The van der Waals surface area contributed by atoms with Gasteiger partial charge in [0.05, 0.1) is 14.2 Å². The van der Waals surface area contributed by atoms with Crippen LogP contribution in [0, 0.1) is 0 Å². The molecule has 0 bridgehead atoms. The Morgan fingerprint density at radius 3 is 2.86 bits per heavy atom. The Kier molecular flexibility index (Phi) is 3.84. The molecule has 0 saturated carbocycles. The highest BCUT2D eigenvalue weighted by Crippen LogP contribution is 2.27. The van der Waals surface area contributed by atoms with E-state index in [-0.39, 0.29) is 12.5 Å². The molecule has 0 saturated heterocycles. The molecule has 1 aromatic heterocycles. The Bertz CT molecular complexity index is 313. The molecule has 0 spiro atoms. The zero-order valence-corrected chi connectivity index (χ0v) is 8.84. The molecule has 0 aliphatic rings. The first-order chi connectivity index (χ1) is 6.72. The summed E-state index contributed by atoms with van der Waals surface area (Å²) < 4.78 is 9.54. The van der Waals surface area contributed by atoms with E-state index < -0.39 is 5.92 Å². The normalized spacial score (nSPS) is 12.2. The number of rotatable bonds is 4. The summed E-state index contributed by atoms with van der Waals surface area (Å²) >= 11 is 1.30. The first-order valence-corrected chi connectivity index (χ1v) is 4.82. The van der Waals surface area contributed by atoms with Gasteiger partial charge in [0.2, 0.25) is 0 Å². The highest BCUT2D eigenvalue weighted by atomic mass is 32.1. The molecule has 0 radical (unpaired) electrons. The molecule has 78 valence electrons. The Morgan fingerprint density at radius 1 is 1.71 bits per heavy atom. The van der Waals surface area contributed by atoms with Crippen LogP contribution in [0.1, 0.15) is 10.8 Å². The molecule has 1 heterocycles. The highest BCUT2D eigenvalue weighted by Gasteiger charge is 2.22. The largest absolute Gasteiger partial charge is 0.473 e. The summed E-state index contributed by atoms with van der Waals surface area (Å²) in [4.78, 5) is 16.0. The zero-order chi connectivity index (χ0) is 10.6. The maximum absolute atomic E-state index is 11.3. The number of hydrogen-bond donors (Lipinski definition) is 1. The van der Waals surface area contributed by atoms with Crippen molar-refractivity contribution >= 4 is 17.3 Å². The van der Waals surface area contributed by atoms with Crippen molar-refractivity contribution in [2.45, 2.75) is 5.92 Å². The van der Waals surface area contributed by atoms with Crippen LogP contribution in [0.3, 0.4) is 0 Å². The van der Waals surface area contributed by atoms with Crippen LogP contribution in [0.15, 0.2) is 6.20 Å². The number of carbonyl (C=O) groups is 1. The summed E-state index contributed by atoms with van der Waals surface area (Å²) in [6.07, 6.45) is 1.58. The number of esters is 1. The van der Waals surface area contributed by atoms with Crippen molar-refractivity contribution in [3.8, 4) is 5.19 Å². The van der Waals surface area contributed by atoms with Gasteiger partial charge < -0.3 is 15.2 Å². The number of nitrogens with two attached hydrogens (primary N) is 1. The third kappa shape index (κ3) is 2.21. The molecule has 6 heteroatoms. The van der Waals surface area contributed by atoms with Gasteiger partial charge >= 0.3 is 5.97 Å². The lowest BCUT2D eigenvalue weighted by Crippen LogP contribution is -2.21. The van der Waals surface area contributed by atoms with Crippen LogP contribution < -0.4 is 10.5 Å². The van der Waals surface area contributed by atoms with E-state index in [2.05, 4.69) is 9.72 Å². The first kappa shape index (κ1) is 10.9. The maximum atomic E-state index is 11.3. The lowest BCUT2D eigenvalue weighted by molar-refractivity contribution is -0.142. The standard InChI is InChI=1S/C8H12N2O3S/c1-12-7(11)5(3-9)6-4-10-8(13-2)14-6/h4-5H,3,9H2,1-2H3. The third-order valence-electron chi connectivity index (χ3n) is 1.74. The van der Waals surface area contributed by atoms with Crippen LogP contribution in [0.5, 0.6) is 5.19 Å². The van der Waals surface area contributed by atoms with Gasteiger partial charge in [-0.1, -0.05) is 11.3 Å². The Hall–Kier alpha value is -1.14. The molecule has 1 unspecified atom stereocenters. The average Bonchev–Trinajstić information content (AvgIpc) is 2.67. The van der Waals surface area contributed by atoms with Gasteiger partial charge in [0, 0.05) is 17.6 Å². The van der Waals surface area contributed by atoms with Crippen LogP contribution in [0.4, 0.5) is 0 Å². The molecule has 14 heavy (non-hydrogen) atoms. The van der Waals surface area contributed by atoms with E-state index in [9.17, 15) is 4.79 Å². The Labute approximate surface area is 85.8 Å². The summed E-state index contributed by atoms with van der Waals surface area (Å²) in [5.74, 6) is -0.791. The number of thiazole rings is 1. The van der Waals surface area contributed by atoms with Crippen molar-refractivity contribution in [2.24, 2.45) is 5.73 Å². The number of hydrogen-bond acceptors (Lipinski definition) is 6. The number of aromatic nitrogens is 1. The second-order valence-electron chi connectivity index (χ2n) is 2.54. The van der Waals surface area contributed by atoms with Gasteiger partial charge in [-0.05, 0) is 0 Å². The second-order valence-corrected chi connectivity index (χ2v) is 3.57. The first-order valence-electron chi connectivity index (χ1n) is 4.00. The minimum atomic E-state index is -0.443. The van der Waals surface area contributed by atoms with Crippen molar-refractivity contribution in [3.63, 3.8) is 0 Å². The van der Waals surface area contributed by atoms with E-state index in [1.807, 2.05) is 0 Å². The van der Waals surface area contributed by atoms with Crippen molar-refractivity contribution < 1.29 is 14.3 Å². The van der Waals surface area contributed by atoms with Crippen LogP contribution >= 0.6 is 11.3 Å². The highest BCUT2D eigenvalue weighted by molar-refractivity contribution is 7.13. The molecule has 1 rings (SSSR count). The van der Waals surface area contributed by atoms with Crippen LogP contribution in [0.2, 0.25) is 0 Å². The van der Waals surface area contributed by atoms with E-state index >= 15 is 0 Å². The number of ether oxygens (including phenoxy) is 2. The average molecular weight is 216 g/mol. The summed E-state index contributed by atoms with van der Waals surface area (Å²) in [5.41, 5.74) is 5.47. The van der Waals surface area contributed by atoms with Gasteiger partial charge in [-0.2, -0.15) is 0 Å². The molecule has 2 N–H and O–H groups in total. The molecular formula is C8H12N2O3S. The number of carbonyl (C=O) groups excluding carboxylic acids is 1. The van der Waals surface area contributed by atoms with E-state index in [0.29, 0.717) is 5.19 Å². The summed E-state index contributed by atoms with van der Waals surface area (Å²) in [6, 6.07) is 0. The SMILES string of the molecule is COC(=O)C(CN)c1cnc(OC)s1. The monoisotopic (exact) mass is 216 g/mol. The molecule has 0 aromatic carbocycles. The van der Waals surface area contributed by atoms with Crippen molar-refractivity contribution in [3.05, 3.63) is 11.1 Å². The predicted molar refractivity (Wildman–Crippen MR) is 52.5 cm³/mol. The number of methoxy groups -OCH3 is 2. The summed E-state index contributed by atoms with van der Waals surface area (Å²) in [6.45, 7) is 0.206. The summed E-state index contributed by atoms with van der Waals surface area (Å²) in [7, 11) is 2.86. The topological polar surface area (TPSA) is 74.4 Å². The van der Waals surface area contributed by atoms with E-state index in [4.69, 9.17) is 10.5 Å². The molecular weight excluding hydrogens is 204 g/mol. The van der Waals surface area contributed by atoms with Crippen molar-refractivity contribution in [2.75, 3.05) is 20.8 Å². The molecule has 0 aliphatic heterocycles. The van der Waals surface area contributed by atoms with Crippen molar-refractivity contribution in [1.29, 1.82) is 0 Å². The fourth-order valence-corrected chi connectivity index (χ4v) is 1.83. The van der Waals surface area contributed by atoms with E-state index in [1.54, 1.807) is 6.20 Å². The minimum absolute atomic E-state index is 0.206. The quantitative estimate of drug-likeness (QED) is 0.736. The van der Waals surface area contributed by atoms with Crippen LogP contribution in [-0.2, 0) is 9.53 Å². The van der Waals surface area contributed by atoms with Gasteiger partial charge in [-0.3, -0.25) is 4.79 Å². The van der Waals surface area contributed by atoms with Crippen molar-refractivity contribution in [1.82, 2.24) is 4.98 Å². The van der Waals surface area contributed by atoms with E-state index in [0.717, 1.165) is 4.88 Å². The van der Waals surface area contributed by atoms with Gasteiger partial charge in [-0.15, -0.1) is 0 Å². The fraction of sp³-hybridized carbons (Fsp3) is 0.500. The zero-order valence-electron chi connectivity index (χ0n) is 8.02. The van der Waals surface area contributed by atoms with E-state index in [1.165, 1.54) is 25.6 Å². The predicted octanol–water partition coefficient (Wildman–Crippen LogP) is 0.367. The van der Waals surface area contributed by atoms with Gasteiger partial charge in [-0.25, -0.2) is 4.98 Å². The molecule has 0 aliphatic carbocycles. The van der Waals surface area contributed by atoms with Gasteiger partial charge in [0.15, 0.2) is 0 Å². The lowest BCUT2D eigenvalue weighted by atomic mass is 10.1. The summed E-state index contributed by atoms with van der Waals surface area (Å²) in [5, 5.41) is 0.516. The van der Waals surface area contributed by atoms with Crippen LogP contribution in [0.25, 0.3) is 0 Å². The molecule has 0 fully saturated rings. The van der Waals surface area contributed by atoms with Crippen LogP contribution in [-0.4, -0.2) is 31.7 Å². The second kappa shape index (κ2) is 4.92. The third-order valence-corrected chi connectivity index (χ3v) is 2.81. The molecule has 5 nitrogen and oxygen atoms in total. The maximum Gasteiger partial charge on any atom is 0.315 e. The van der Waals surface area contributed by atoms with Gasteiger partial charge in [0.25, 0.3) is 5.19 Å². The molecule has 1 aromatic rings. The number of nitrogens with zero attached hydrogens (tertiary/aromatic N) is 1. The Balaban J connectivity index is 2.83. The van der Waals surface area contributed by atoms with Gasteiger partial charge in [0.1, 0.15) is 5.92 Å². The lowest BCUT2D eigenvalue weighted by Gasteiger charge is -2.08. The fourth-order valence-electron chi connectivity index (χ4n) is 0.996. The smallest absolute Gasteiger partial charge is 0.315 e. The molecule has 1 atom stereocenters. The molecule has 0 amide bonds. The Morgan fingerprint density at radius 2 is 2.43 bits per heavy atom. The minimum Gasteiger partial charge on any atom is -0.473 e.